The molecule has 0 radical (unpaired) electrons. The van der Waals surface area contributed by atoms with Crippen LogP contribution < -0.4 is 10.1 Å². The lowest BCUT2D eigenvalue weighted by Gasteiger charge is -2.11. The molecule has 0 saturated carbocycles. The van der Waals surface area contributed by atoms with Gasteiger partial charge in [0.15, 0.2) is 0 Å². The van der Waals surface area contributed by atoms with Gasteiger partial charge in [-0.05, 0) is 41.0 Å². The van der Waals surface area contributed by atoms with Gasteiger partial charge in [-0.25, -0.2) is 0 Å². The van der Waals surface area contributed by atoms with E-state index in [9.17, 15) is 4.79 Å². The molecule has 0 bridgehead atoms. The summed E-state index contributed by atoms with van der Waals surface area (Å²) in [6.45, 7) is 0.445. The summed E-state index contributed by atoms with van der Waals surface area (Å²) in [7, 11) is 1.57. The number of ether oxygens (including phenoxy) is 1. The molecule has 2 aromatic carbocycles. The van der Waals surface area contributed by atoms with E-state index in [1.807, 2.05) is 60.7 Å². The van der Waals surface area contributed by atoms with Gasteiger partial charge in [-0.2, -0.15) is 0 Å². The van der Waals surface area contributed by atoms with Gasteiger partial charge in [0.25, 0.3) is 5.91 Å². The summed E-state index contributed by atoms with van der Waals surface area (Å²) in [5, 5.41) is 2.92. The number of carbonyl (C=O) groups excluding carboxylic acids is 1. The van der Waals surface area contributed by atoms with E-state index in [1.165, 1.54) is 0 Å². The Hall–Kier alpha value is -3.14. The summed E-state index contributed by atoms with van der Waals surface area (Å²) in [5.74, 6) is 0.392. The van der Waals surface area contributed by atoms with Crippen molar-refractivity contribution in [1.82, 2.24) is 10.3 Å². The maximum absolute atomic E-state index is 12.6. The first kappa shape index (κ1) is 15.7. The van der Waals surface area contributed by atoms with Crippen LogP contribution in [0.2, 0.25) is 0 Å². The van der Waals surface area contributed by atoms with Gasteiger partial charge in [0.2, 0.25) is 0 Å². The Bertz CT molecular complexity index is 818. The van der Waals surface area contributed by atoms with E-state index in [2.05, 4.69) is 10.3 Å². The number of methoxy groups -OCH3 is 1. The molecule has 0 unspecified atom stereocenters. The molecule has 1 amide bonds. The lowest BCUT2D eigenvalue weighted by molar-refractivity contribution is 0.0948. The zero-order valence-corrected chi connectivity index (χ0v) is 13.4. The minimum atomic E-state index is -0.165. The second kappa shape index (κ2) is 7.42. The predicted octanol–water partition coefficient (Wildman–Crippen LogP) is 3.69. The van der Waals surface area contributed by atoms with Crippen molar-refractivity contribution >= 4 is 5.91 Å². The third-order valence-electron chi connectivity index (χ3n) is 3.75. The first-order valence-electron chi connectivity index (χ1n) is 7.68. The van der Waals surface area contributed by atoms with Crippen LogP contribution >= 0.6 is 0 Å². The molecule has 0 fully saturated rings. The van der Waals surface area contributed by atoms with E-state index in [-0.39, 0.29) is 5.91 Å². The Morgan fingerprint density at radius 3 is 2.46 bits per heavy atom. The zero-order chi connectivity index (χ0) is 16.8. The number of pyridine rings is 1. The maximum Gasteiger partial charge on any atom is 0.255 e. The summed E-state index contributed by atoms with van der Waals surface area (Å²) >= 11 is 0. The van der Waals surface area contributed by atoms with E-state index in [1.54, 1.807) is 19.5 Å². The highest BCUT2D eigenvalue weighted by Crippen LogP contribution is 2.26. The molecular formula is C20H18N2O2. The fourth-order valence-corrected chi connectivity index (χ4v) is 2.47. The molecule has 3 rings (SSSR count). The Morgan fingerprint density at radius 2 is 1.75 bits per heavy atom. The Labute approximate surface area is 141 Å². The first-order chi connectivity index (χ1) is 11.8. The van der Waals surface area contributed by atoms with Crippen molar-refractivity contribution in [3.05, 3.63) is 84.2 Å². The number of rotatable bonds is 5. The van der Waals surface area contributed by atoms with Crippen LogP contribution in [0, 0.1) is 0 Å². The molecule has 0 aliphatic carbocycles. The van der Waals surface area contributed by atoms with E-state index >= 15 is 0 Å². The molecule has 4 nitrogen and oxygen atoms in total. The van der Waals surface area contributed by atoms with Crippen molar-refractivity contribution in [2.75, 3.05) is 7.11 Å². The van der Waals surface area contributed by atoms with Crippen LogP contribution in [0.1, 0.15) is 15.9 Å². The monoisotopic (exact) mass is 318 g/mol. The van der Waals surface area contributed by atoms with E-state index in [0.717, 1.165) is 16.7 Å². The third kappa shape index (κ3) is 3.60. The molecule has 0 aliphatic rings. The average molecular weight is 318 g/mol. The molecular weight excluding hydrogens is 300 g/mol. The fourth-order valence-electron chi connectivity index (χ4n) is 2.47. The molecule has 4 heteroatoms. The highest BCUT2D eigenvalue weighted by molar-refractivity contribution is 5.98. The van der Waals surface area contributed by atoms with Gasteiger partial charge in [-0.1, -0.05) is 36.4 Å². The Kier molecular flexibility index (Phi) is 4.87. The maximum atomic E-state index is 12.6. The SMILES string of the molecule is COc1ccc(-c2ccccc2)cc1C(=O)NCc1ccncc1. The van der Waals surface area contributed by atoms with Crippen molar-refractivity contribution in [1.29, 1.82) is 0 Å². The summed E-state index contributed by atoms with van der Waals surface area (Å²) in [5.41, 5.74) is 3.55. The van der Waals surface area contributed by atoms with Gasteiger partial charge < -0.3 is 10.1 Å². The number of hydrogen-bond donors (Lipinski definition) is 1. The number of carbonyl (C=O) groups is 1. The van der Waals surface area contributed by atoms with Crippen LogP contribution in [0.5, 0.6) is 5.75 Å². The number of aromatic nitrogens is 1. The van der Waals surface area contributed by atoms with Gasteiger partial charge in [0.1, 0.15) is 5.75 Å². The lowest BCUT2D eigenvalue weighted by Crippen LogP contribution is -2.23. The van der Waals surface area contributed by atoms with Crippen LogP contribution in [0.4, 0.5) is 0 Å². The molecule has 120 valence electrons. The van der Waals surface area contributed by atoms with Crippen LogP contribution in [-0.4, -0.2) is 18.0 Å². The normalized spacial score (nSPS) is 10.2. The molecule has 1 heterocycles. The lowest BCUT2D eigenvalue weighted by atomic mass is 10.0. The van der Waals surface area contributed by atoms with E-state index < -0.39 is 0 Å². The second-order valence-corrected chi connectivity index (χ2v) is 5.32. The van der Waals surface area contributed by atoms with Crippen LogP contribution in [0.15, 0.2) is 73.1 Å². The van der Waals surface area contributed by atoms with Crippen LogP contribution in [0.3, 0.4) is 0 Å². The van der Waals surface area contributed by atoms with Gasteiger partial charge in [-0.3, -0.25) is 9.78 Å². The smallest absolute Gasteiger partial charge is 0.255 e. The van der Waals surface area contributed by atoms with Crippen molar-refractivity contribution in [2.24, 2.45) is 0 Å². The molecule has 1 aromatic heterocycles. The minimum absolute atomic E-state index is 0.165. The van der Waals surface area contributed by atoms with Crippen molar-refractivity contribution < 1.29 is 9.53 Å². The highest BCUT2D eigenvalue weighted by Gasteiger charge is 2.13. The predicted molar refractivity (Wildman–Crippen MR) is 93.8 cm³/mol. The first-order valence-corrected chi connectivity index (χ1v) is 7.68. The molecule has 3 aromatic rings. The summed E-state index contributed by atoms with van der Waals surface area (Å²) < 4.78 is 5.34. The van der Waals surface area contributed by atoms with Gasteiger partial charge in [0.05, 0.1) is 12.7 Å². The standard InChI is InChI=1S/C20H18N2O2/c1-24-19-8-7-17(16-5-3-2-4-6-16)13-18(19)20(23)22-14-15-9-11-21-12-10-15/h2-13H,14H2,1H3,(H,22,23). The van der Waals surface area contributed by atoms with Gasteiger partial charge >= 0.3 is 0 Å². The number of hydrogen-bond acceptors (Lipinski definition) is 3. The Morgan fingerprint density at radius 1 is 1.00 bits per heavy atom. The molecule has 0 aliphatic heterocycles. The number of amides is 1. The largest absolute Gasteiger partial charge is 0.496 e. The number of nitrogens with zero attached hydrogens (tertiary/aromatic N) is 1. The zero-order valence-electron chi connectivity index (χ0n) is 13.4. The van der Waals surface area contributed by atoms with Gasteiger partial charge in [-0.15, -0.1) is 0 Å². The molecule has 0 saturated heterocycles. The summed E-state index contributed by atoms with van der Waals surface area (Å²) in [6, 6.07) is 19.3. The average Bonchev–Trinajstić information content (AvgIpc) is 2.67. The second-order valence-electron chi connectivity index (χ2n) is 5.32. The quantitative estimate of drug-likeness (QED) is 0.780. The topological polar surface area (TPSA) is 51.2 Å². The number of nitrogens with one attached hydrogen (secondary N) is 1. The van der Waals surface area contributed by atoms with Crippen molar-refractivity contribution in [3.8, 4) is 16.9 Å². The summed E-state index contributed by atoms with van der Waals surface area (Å²) in [6.07, 6.45) is 3.41. The van der Waals surface area contributed by atoms with Crippen LogP contribution in [-0.2, 0) is 6.54 Å². The molecule has 0 spiro atoms. The van der Waals surface area contributed by atoms with Crippen LogP contribution in [0.25, 0.3) is 11.1 Å². The molecule has 24 heavy (non-hydrogen) atoms. The van der Waals surface area contributed by atoms with Crippen molar-refractivity contribution in [3.63, 3.8) is 0 Å². The highest BCUT2D eigenvalue weighted by atomic mass is 16.5. The van der Waals surface area contributed by atoms with Crippen molar-refractivity contribution in [2.45, 2.75) is 6.54 Å². The summed E-state index contributed by atoms with van der Waals surface area (Å²) in [4.78, 5) is 16.5. The molecule has 1 N–H and O–H groups in total. The Balaban J connectivity index is 1.84. The van der Waals surface area contributed by atoms with E-state index in [0.29, 0.717) is 17.9 Å². The van der Waals surface area contributed by atoms with Gasteiger partial charge in [0, 0.05) is 18.9 Å². The third-order valence-corrected chi connectivity index (χ3v) is 3.75. The van der Waals surface area contributed by atoms with E-state index in [4.69, 9.17) is 4.74 Å². The number of benzene rings is 2. The minimum Gasteiger partial charge on any atom is -0.496 e. The fraction of sp³-hybridized carbons (Fsp3) is 0.100. The molecule has 0 atom stereocenters.